The average molecular weight is 176 g/mol. The molecule has 0 N–H and O–H groups in total. The van der Waals surface area contributed by atoms with E-state index >= 15 is 0 Å². The monoisotopic (exact) mass is 176 g/mol. The predicted molar refractivity (Wildman–Crippen MR) is 63.6 cm³/mol. The molecule has 0 aromatic carbocycles. The zero-order valence-corrected chi connectivity index (χ0v) is 9.16. The van der Waals surface area contributed by atoms with Gasteiger partial charge in [-0.05, 0) is 0 Å². The zero-order valence-electron chi connectivity index (χ0n) is 9.16. The molecule has 0 saturated heterocycles. The molecule has 0 rings (SSSR count). The van der Waals surface area contributed by atoms with Crippen LogP contribution in [0.15, 0.2) is 0 Å². The van der Waals surface area contributed by atoms with Crippen molar-refractivity contribution in [1.29, 1.82) is 0 Å². The molecule has 0 nitrogen and oxygen atoms in total. The normalized spacial score (nSPS) is 9.00. The van der Waals surface area contributed by atoms with Crippen molar-refractivity contribution in [3.05, 3.63) is 0 Å². The fourth-order valence-electron chi connectivity index (χ4n) is 1.21. The van der Waals surface area contributed by atoms with Crippen LogP contribution in [0.2, 0.25) is 0 Å². The van der Waals surface area contributed by atoms with Crippen molar-refractivity contribution in [2.45, 2.75) is 58.8 Å². The molecule has 0 aliphatic carbocycles. The van der Waals surface area contributed by atoms with Gasteiger partial charge in [0.15, 0.2) is 0 Å². The van der Waals surface area contributed by atoms with Gasteiger partial charge in [0.25, 0.3) is 0 Å². The van der Waals surface area contributed by atoms with Crippen molar-refractivity contribution in [2.75, 3.05) is 0 Å². The number of unbranched alkanes of at least 4 members (excludes halogenated alkanes) is 4. The van der Waals surface area contributed by atoms with Gasteiger partial charge < -0.3 is 0 Å². The van der Waals surface area contributed by atoms with Gasteiger partial charge in [0.05, 0.1) is 0 Å². The summed E-state index contributed by atoms with van der Waals surface area (Å²) < 4.78 is 0. The molecule has 0 heterocycles. The second-order valence-corrected chi connectivity index (χ2v) is 3.58. The standard InChI is InChI=1S/C12H21B/c1-3-4-5-6-7-8-9-10-11-12(2)13/h13H,3,6-11H2,1-2H3. The minimum absolute atomic E-state index is 0.996. The minimum atomic E-state index is 0.996. The Morgan fingerprint density at radius 2 is 1.77 bits per heavy atom. The van der Waals surface area contributed by atoms with Crippen LogP contribution in [0.25, 0.3) is 0 Å². The van der Waals surface area contributed by atoms with E-state index in [1.54, 1.807) is 0 Å². The summed E-state index contributed by atoms with van der Waals surface area (Å²) in [5.41, 5.74) is 1.31. The molecule has 0 aromatic heterocycles. The molecule has 72 valence electrons. The summed E-state index contributed by atoms with van der Waals surface area (Å²) in [6, 6.07) is 0. The van der Waals surface area contributed by atoms with Gasteiger partial charge in [-0.1, -0.05) is 0 Å². The molecule has 0 fully saturated rings. The molecule has 0 bridgehead atoms. The van der Waals surface area contributed by atoms with E-state index in [1.807, 2.05) is 0 Å². The van der Waals surface area contributed by atoms with Gasteiger partial charge in [-0.2, -0.15) is 0 Å². The van der Waals surface area contributed by atoms with Crippen molar-refractivity contribution in [1.82, 2.24) is 0 Å². The third kappa shape index (κ3) is 11.5. The van der Waals surface area contributed by atoms with E-state index in [0.29, 0.717) is 0 Å². The van der Waals surface area contributed by atoms with Crippen molar-refractivity contribution < 1.29 is 0 Å². The van der Waals surface area contributed by atoms with Crippen LogP contribution >= 0.6 is 0 Å². The van der Waals surface area contributed by atoms with Crippen LogP contribution < -0.4 is 0 Å². The van der Waals surface area contributed by atoms with Crippen LogP contribution in [-0.2, 0) is 0 Å². The summed E-state index contributed by atoms with van der Waals surface area (Å²) in [5.74, 6) is 6.26. The third-order valence-electron chi connectivity index (χ3n) is 1.96. The maximum absolute atomic E-state index is 3.89. The third-order valence-corrected chi connectivity index (χ3v) is 1.96. The Bertz CT molecular complexity index is 183. The Balaban J connectivity index is 3.04. The molecule has 0 saturated carbocycles. The zero-order chi connectivity index (χ0) is 9.94. The molecule has 0 aromatic rings. The molecule has 1 heteroatoms. The molecule has 0 spiro atoms. The Morgan fingerprint density at radius 3 is 2.38 bits per heavy atom. The van der Waals surface area contributed by atoms with Gasteiger partial charge in [-0.25, -0.2) is 0 Å². The van der Waals surface area contributed by atoms with Gasteiger partial charge in [-0.3, -0.25) is 0 Å². The first-order valence-electron chi connectivity index (χ1n) is 5.37. The fourth-order valence-corrected chi connectivity index (χ4v) is 1.21. The van der Waals surface area contributed by atoms with E-state index in [4.69, 9.17) is 0 Å². The molecule has 0 aliphatic rings. The van der Waals surface area contributed by atoms with E-state index in [1.165, 1.54) is 37.6 Å². The van der Waals surface area contributed by atoms with Crippen molar-refractivity contribution >= 4 is 13.0 Å². The van der Waals surface area contributed by atoms with Crippen molar-refractivity contribution in [2.24, 2.45) is 0 Å². The Hall–Kier alpha value is -0.505. The SMILES string of the molecule is B=C(C)CCCCCCC#CCC. The molecule has 0 radical (unpaired) electrons. The first-order chi connectivity index (χ1) is 6.27. The molecule has 13 heavy (non-hydrogen) atoms. The summed E-state index contributed by atoms with van der Waals surface area (Å²) in [4.78, 5) is 0. The van der Waals surface area contributed by atoms with E-state index in [2.05, 4.69) is 33.2 Å². The Kier molecular flexibility index (Phi) is 9.21. The quantitative estimate of drug-likeness (QED) is 0.331. The van der Waals surface area contributed by atoms with Crippen LogP contribution in [0.3, 0.4) is 0 Å². The summed E-state index contributed by atoms with van der Waals surface area (Å²) in [6.07, 6.45) is 8.50. The topological polar surface area (TPSA) is 0 Å². The molecule has 0 atom stereocenters. The van der Waals surface area contributed by atoms with Crippen LogP contribution in [0.4, 0.5) is 0 Å². The maximum atomic E-state index is 3.89. The summed E-state index contributed by atoms with van der Waals surface area (Å²) >= 11 is 0. The first kappa shape index (κ1) is 12.5. The molecular formula is C12H21B. The second kappa shape index (κ2) is 9.58. The van der Waals surface area contributed by atoms with E-state index in [0.717, 1.165) is 12.8 Å². The van der Waals surface area contributed by atoms with Crippen molar-refractivity contribution in [3.63, 3.8) is 0 Å². The van der Waals surface area contributed by atoms with Gasteiger partial charge in [0.1, 0.15) is 0 Å². The molecule has 0 aliphatic heterocycles. The van der Waals surface area contributed by atoms with Gasteiger partial charge in [0, 0.05) is 0 Å². The number of rotatable bonds is 6. The van der Waals surface area contributed by atoms with E-state index in [9.17, 15) is 0 Å². The van der Waals surface area contributed by atoms with E-state index in [-0.39, 0.29) is 0 Å². The summed E-state index contributed by atoms with van der Waals surface area (Å²) in [7, 11) is 3.89. The molecule has 0 amide bonds. The fraction of sp³-hybridized carbons (Fsp3) is 0.750. The number of hydrogen-bond donors (Lipinski definition) is 0. The van der Waals surface area contributed by atoms with Crippen LogP contribution in [0.5, 0.6) is 0 Å². The summed E-state index contributed by atoms with van der Waals surface area (Å²) in [6.45, 7) is 4.20. The van der Waals surface area contributed by atoms with Gasteiger partial charge >= 0.3 is 83.6 Å². The van der Waals surface area contributed by atoms with Crippen molar-refractivity contribution in [3.8, 4) is 11.8 Å². The summed E-state index contributed by atoms with van der Waals surface area (Å²) in [5, 5.41) is 0. The van der Waals surface area contributed by atoms with Crippen LogP contribution in [0, 0.1) is 11.8 Å². The van der Waals surface area contributed by atoms with Crippen LogP contribution in [0.1, 0.15) is 58.8 Å². The predicted octanol–water partition coefficient (Wildman–Crippen LogP) is 2.83. The van der Waals surface area contributed by atoms with Gasteiger partial charge in [0.2, 0.25) is 0 Å². The Labute approximate surface area is 84.2 Å². The average Bonchev–Trinajstić information content (AvgIpc) is 2.09. The molecule has 0 unspecified atom stereocenters. The van der Waals surface area contributed by atoms with Crippen LogP contribution in [-0.4, -0.2) is 13.0 Å². The van der Waals surface area contributed by atoms with E-state index < -0.39 is 0 Å². The first-order valence-corrected chi connectivity index (χ1v) is 5.37. The van der Waals surface area contributed by atoms with Gasteiger partial charge in [-0.15, -0.1) is 0 Å². The second-order valence-electron chi connectivity index (χ2n) is 3.58. The molecular weight excluding hydrogens is 155 g/mol. The number of hydrogen-bond acceptors (Lipinski definition) is 0. The Morgan fingerprint density at radius 1 is 1.08 bits per heavy atom.